The first kappa shape index (κ1) is 12.2. The van der Waals surface area contributed by atoms with E-state index in [1.54, 1.807) is 18.3 Å². The van der Waals surface area contributed by atoms with Crippen LogP contribution >= 0.6 is 0 Å². The minimum atomic E-state index is -0.179. The largest absolute Gasteiger partial charge is 0.384 e. The lowest BCUT2D eigenvalue weighted by molar-refractivity contribution is 0.0953. The Morgan fingerprint density at radius 3 is 2.94 bits per heavy atom. The fourth-order valence-corrected chi connectivity index (χ4v) is 1.16. The van der Waals surface area contributed by atoms with Gasteiger partial charge in [0.05, 0.1) is 11.9 Å². The maximum absolute atomic E-state index is 11.5. The van der Waals surface area contributed by atoms with Crippen molar-refractivity contribution >= 4 is 11.6 Å². The van der Waals surface area contributed by atoms with Crippen LogP contribution in [0.3, 0.4) is 0 Å². The number of pyridine rings is 1. The number of nitrogens with one attached hydrogen (secondary N) is 2. The molecule has 0 aromatic carbocycles. The highest BCUT2D eigenvalue weighted by molar-refractivity contribution is 5.92. The summed E-state index contributed by atoms with van der Waals surface area (Å²) in [6, 6.07) is 3.56. The lowest BCUT2D eigenvalue weighted by Gasteiger charge is -2.05. The monoisotopic (exact) mass is 219 g/mol. The molecule has 0 fully saturated rings. The molecule has 0 saturated carbocycles. The zero-order valence-electron chi connectivity index (χ0n) is 9.49. The summed E-state index contributed by atoms with van der Waals surface area (Å²) in [4.78, 5) is 15.6. The molecule has 0 atom stereocenters. The van der Waals surface area contributed by atoms with E-state index in [-0.39, 0.29) is 5.91 Å². The highest BCUT2D eigenvalue weighted by Gasteiger charge is 2.04. The van der Waals surface area contributed by atoms with Crippen molar-refractivity contribution in [2.24, 2.45) is 0 Å². The number of carbonyl (C=O) groups excluding carboxylic acids is 1. The van der Waals surface area contributed by atoms with Gasteiger partial charge in [-0.1, -0.05) is 13.0 Å². The molecule has 4 nitrogen and oxygen atoms in total. The molecule has 1 aromatic rings. The molecule has 1 aromatic heterocycles. The number of aromatic nitrogens is 1. The molecule has 16 heavy (non-hydrogen) atoms. The minimum absolute atomic E-state index is 0.179. The van der Waals surface area contributed by atoms with Gasteiger partial charge < -0.3 is 10.6 Å². The van der Waals surface area contributed by atoms with E-state index in [0.717, 1.165) is 18.7 Å². The van der Waals surface area contributed by atoms with E-state index in [1.165, 1.54) is 0 Å². The number of anilines is 1. The van der Waals surface area contributed by atoms with Crippen molar-refractivity contribution in [1.82, 2.24) is 10.3 Å². The first-order chi connectivity index (χ1) is 7.77. The standard InChI is InChI=1S/C12H17N3O/c1-3-7-13-10-5-6-11(15-9-10)12(16)14-8-4-2/h4-6,9,13H,2-3,7-8H2,1H3,(H,14,16). The molecule has 86 valence electrons. The quantitative estimate of drug-likeness (QED) is 0.717. The maximum atomic E-state index is 11.5. The van der Waals surface area contributed by atoms with Crippen LogP contribution in [0, 0.1) is 0 Å². The van der Waals surface area contributed by atoms with E-state index in [1.807, 2.05) is 6.07 Å². The Morgan fingerprint density at radius 2 is 2.38 bits per heavy atom. The number of hydrogen-bond donors (Lipinski definition) is 2. The molecule has 0 bridgehead atoms. The fraction of sp³-hybridized carbons (Fsp3) is 0.333. The van der Waals surface area contributed by atoms with Crippen molar-refractivity contribution in [3.8, 4) is 0 Å². The Morgan fingerprint density at radius 1 is 1.56 bits per heavy atom. The third-order valence-corrected chi connectivity index (χ3v) is 1.98. The van der Waals surface area contributed by atoms with Crippen molar-refractivity contribution in [2.45, 2.75) is 13.3 Å². The van der Waals surface area contributed by atoms with Gasteiger partial charge in [0, 0.05) is 13.1 Å². The molecular weight excluding hydrogens is 202 g/mol. The Hall–Kier alpha value is -1.84. The summed E-state index contributed by atoms with van der Waals surface area (Å²) >= 11 is 0. The predicted molar refractivity (Wildman–Crippen MR) is 65.5 cm³/mol. The van der Waals surface area contributed by atoms with Crippen LogP contribution in [0.2, 0.25) is 0 Å². The van der Waals surface area contributed by atoms with Gasteiger partial charge in [0.25, 0.3) is 5.91 Å². The van der Waals surface area contributed by atoms with Crippen LogP contribution in [0.1, 0.15) is 23.8 Å². The van der Waals surface area contributed by atoms with Gasteiger partial charge in [-0.05, 0) is 18.6 Å². The van der Waals surface area contributed by atoms with E-state index >= 15 is 0 Å². The topological polar surface area (TPSA) is 54.0 Å². The van der Waals surface area contributed by atoms with E-state index < -0.39 is 0 Å². The second-order valence-electron chi connectivity index (χ2n) is 3.36. The number of carbonyl (C=O) groups is 1. The van der Waals surface area contributed by atoms with Crippen molar-refractivity contribution < 1.29 is 4.79 Å². The number of nitrogens with zero attached hydrogens (tertiary/aromatic N) is 1. The van der Waals surface area contributed by atoms with Crippen LogP contribution < -0.4 is 10.6 Å². The van der Waals surface area contributed by atoms with Gasteiger partial charge in [0.2, 0.25) is 0 Å². The number of rotatable bonds is 6. The van der Waals surface area contributed by atoms with E-state index in [0.29, 0.717) is 12.2 Å². The molecule has 1 rings (SSSR count). The van der Waals surface area contributed by atoms with Crippen molar-refractivity contribution in [3.05, 3.63) is 36.7 Å². The van der Waals surface area contributed by atoms with Gasteiger partial charge in [-0.2, -0.15) is 0 Å². The van der Waals surface area contributed by atoms with Crippen LogP contribution in [0.25, 0.3) is 0 Å². The molecule has 0 radical (unpaired) electrons. The third-order valence-electron chi connectivity index (χ3n) is 1.98. The number of hydrogen-bond acceptors (Lipinski definition) is 3. The Bertz CT molecular complexity index is 346. The highest BCUT2D eigenvalue weighted by Crippen LogP contribution is 2.05. The molecule has 0 aliphatic rings. The molecule has 1 heterocycles. The smallest absolute Gasteiger partial charge is 0.270 e. The van der Waals surface area contributed by atoms with Crippen molar-refractivity contribution in [1.29, 1.82) is 0 Å². The fourth-order valence-electron chi connectivity index (χ4n) is 1.16. The van der Waals surface area contributed by atoms with Gasteiger partial charge in [-0.3, -0.25) is 4.79 Å². The molecule has 1 amide bonds. The maximum Gasteiger partial charge on any atom is 0.270 e. The zero-order valence-corrected chi connectivity index (χ0v) is 9.49. The van der Waals surface area contributed by atoms with Gasteiger partial charge in [-0.15, -0.1) is 6.58 Å². The first-order valence-corrected chi connectivity index (χ1v) is 5.37. The van der Waals surface area contributed by atoms with Crippen molar-refractivity contribution in [3.63, 3.8) is 0 Å². The molecule has 0 aliphatic carbocycles. The molecule has 4 heteroatoms. The molecule has 2 N–H and O–H groups in total. The summed E-state index contributed by atoms with van der Waals surface area (Å²) in [5.74, 6) is -0.179. The average molecular weight is 219 g/mol. The van der Waals surface area contributed by atoms with E-state index in [9.17, 15) is 4.79 Å². The van der Waals surface area contributed by atoms with E-state index in [2.05, 4.69) is 29.1 Å². The Balaban J connectivity index is 2.56. The van der Waals surface area contributed by atoms with Crippen LogP contribution in [-0.4, -0.2) is 24.0 Å². The Labute approximate surface area is 95.8 Å². The summed E-state index contributed by atoms with van der Waals surface area (Å²) in [5.41, 5.74) is 1.35. The second kappa shape index (κ2) is 6.61. The van der Waals surface area contributed by atoms with E-state index in [4.69, 9.17) is 0 Å². The lowest BCUT2D eigenvalue weighted by atomic mass is 10.3. The normalized spacial score (nSPS) is 9.56. The number of amides is 1. The van der Waals surface area contributed by atoms with Crippen LogP contribution in [0.5, 0.6) is 0 Å². The zero-order chi connectivity index (χ0) is 11.8. The second-order valence-corrected chi connectivity index (χ2v) is 3.36. The van der Waals surface area contributed by atoms with Crippen LogP contribution in [0.15, 0.2) is 31.0 Å². The van der Waals surface area contributed by atoms with Gasteiger partial charge in [0.1, 0.15) is 5.69 Å². The first-order valence-electron chi connectivity index (χ1n) is 5.37. The van der Waals surface area contributed by atoms with Crippen LogP contribution in [0.4, 0.5) is 5.69 Å². The average Bonchev–Trinajstić information content (AvgIpc) is 2.34. The summed E-state index contributed by atoms with van der Waals surface area (Å²) in [7, 11) is 0. The summed E-state index contributed by atoms with van der Waals surface area (Å²) in [6.45, 7) is 6.98. The summed E-state index contributed by atoms with van der Waals surface area (Å²) < 4.78 is 0. The molecule has 0 saturated heterocycles. The molecule has 0 spiro atoms. The van der Waals surface area contributed by atoms with Gasteiger partial charge >= 0.3 is 0 Å². The highest BCUT2D eigenvalue weighted by atomic mass is 16.1. The summed E-state index contributed by atoms with van der Waals surface area (Å²) in [6.07, 6.45) is 4.36. The molecule has 0 aliphatic heterocycles. The third kappa shape index (κ3) is 3.73. The summed E-state index contributed by atoms with van der Waals surface area (Å²) in [5, 5.41) is 5.86. The molecular formula is C12H17N3O. The SMILES string of the molecule is C=CCNC(=O)c1ccc(NCCC)cn1. The van der Waals surface area contributed by atoms with Gasteiger partial charge in [0.15, 0.2) is 0 Å². The van der Waals surface area contributed by atoms with Crippen molar-refractivity contribution in [2.75, 3.05) is 18.4 Å². The van der Waals surface area contributed by atoms with Gasteiger partial charge in [-0.25, -0.2) is 4.98 Å². The minimum Gasteiger partial charge on any atom is -0.384 e. The Kier molecular flexibility index (Phi) is 5.05. The lowest BCUT2D eigenvalue weighted by Crippen LogP contribution is -2.24. The van der Waals surface area contributed by atoms with Crippen LogP contribution in [-0.2, 0) is 0 Å². The molecule has 0 unspecified atom stereocenters. The predicted octanol–water partition coefficient (Wildman–Crippen LogP) is 1.82.